The molecule has 0 radical (unpaired) electrons. The summed E-state index contributed by atoms with van der Waals surface area (Å²) in [6, 6.07) is -0.213. The first-order valence-corrected chi connectivity index (χ1v) is 7.04. The number of hydrogen-bond acceptors (Lipinski definition) is 4. The van der Waals surface area contributed by atoms with Gasteiger partial charge >= 0.3 is 5.97 Å². The molecule has 0 aromatic carbocycles. The molecule has 1 aliphatic carbocycles. The van der Waals surface area contributed by atoms with Crippen LogP contribution in [0.3, 0.4) is 0 Å². The Morgan fingerprint density at radius 2 is 2.00 bits per heavy atom. The molecule has 2 unspecified atom stereocenters. The lowest BCUT2D eigenvalue weighted by Gasteiger charge is -2.11. The van der Waals surface area contributed by atoms with Crippen molar-refractivity contribution in [3.63, 3.8) is 0 Å². The van der Waals surface area contributed by atoms with E-state index in [-0.39, 0.29) is 6.04 Å². The highest BCUT2D eigenvalue weighted by Gasteiger charge is 2.30. The molecule has 1 rings (SSSR count). The number of aliphatic carboxylic acids is 1. The van der Waals surface area contributed by atoms with Crippen LogP contribution in [0.1, 0.15) is 19.3 Å². The maximum atomic E-state index is 11.3. The molecule has 16 heavy (non-hydrogen) atoms. The van der Waals surface area contributed by atoms with E-state index in [0.29, 0.717) is 19.3 Å². The minimum absolute atomic E-state index is 0.213. The van der Waals surface area contributed by atoms with Crippen molar-refractivity contribution in [2.24, 2.45) is 5.92 Å². The van der Waals surface area contributed by atoms with E-state index in [0.717, 1.165) is 6.26 Å². The molecule has 0 aromatic heterocycles. The highest BCUT2D eigenvalue weighted by atomic mass is 32.2. The van der Waals surface area contributed by atoms with Gasteiger partial charge in [0, 0.05) is 12.3 Å². The van der Waals surface area contributed by atoms with Crippen molar-refractivity contribution in [2.45, 2.75) is 25.3 Å². The number of amides is 1. The number of sulfone groups is 1. The number of carboxylic acid groups (broad SMARTS) is 1. The van der Waals surface area contributed by atoms with Gasteiger partial charge in [0.15, 0.2) is 9.84 Å². The predicted octanol–water partition coefficient (Wildman–Crippen LogP) is -0.599. The van der Waals surface area contributed by atoms with Crippen molar-refractivity contribution in [1.82, 2.24) is 5.32 Å². The van der Waals surface area contributed by atoms with E-state index in [1.165, 1.54) is 0 Å². The molecule has 1 saturated carbocycles. The molecule has 0 heterocycles. The molecular formula is C9H15NO5S. The summed E-state index contributed by atoms with van der Waals surface area (Å²) in [6.07, 6.45) is 2.48. The van der Waals surface area contributed by atoms with Crippen LogP contribution in [0.4, 0.5) is 0 Å². The number of nitrogens with one attached hydrogen (secondary N) is 1. The quantitative estimate of drug-likeness (QED) is 0.693. The Labute approximate surface area is 93.9 Å². The molecule has 0 bridgehead atoms. The minimum atomic E-state index is -3.32. The third kappa shape index (κ3) is 4.18. The Balaban J connectivity index is 2.40. The van der Waals surface area contributed by atoms with Gasteiger partial charge in [-0.05, 0) is 19.3 Å². The van der Waals surface area contributed by atoms with Gasteiger partial charge in [-0.3, -0.25) is 9.59 Å². The Bertz CT molecular complexity index is 389. The summed E-state index contributed by atoms with van der Waals surface area (Å²) in [7, 11) is -3.32. The standard InChI is InChI=1S/C9H15NO5S/c1-16(14,15)5-8(11)10-7-3-2-6(4-7)9(12)13/h6-7H,2-5H2,1H3,(H,10,11)(H,12,13). The average molecular weight is 249 g/mol. The molecule has 0 aliphatic heterocycles. The fourth-order valence-corrected chi connectivity index (χ4v) is 2.40. The molecule has 6 nitrogen and oxygen atoms in total. The van der Waals surface area contributed by atoms with Crippen molar-refractivity contribution in [2.75, 3.05) is 12.0 Å². The zero-order valence-corrected chi connectivity index (χ0v) is 9.79. The maximum absolute atomic E-state index is 11.3. The molecule has 92 valence electrons. The first-order chi connectivity index (χ1) is 7.28. The summed E-state index contributed by atoms with van der Waals surface area (Å²) >= 11 is 0. The first-order valence-electron chi connectivity index (χ1n) is 4.98. The van der Waals surface area contributed by atoms with Gasteiger partial charge < -0.3 is 10.4 Å². The second-order valence-corrected chi connectivity index (χ2v) is 6.32. The Kier molecular flexibility index (Phi) is 3.90. The highest BCUT2D eigenvalue weighted by Crippen LogP contribution is 2.25. The third-order valence-corrected chi connectivity index (χ3v) is 3.33. The van der Waals surface area contributed by atoms with Crippen LogP contribution in [-0.4, -0.2) is 43.5 Å². The van der Waals surface area contributed by atoms with E-state index >= 15 is 0 Å². The fraction of sp³-hybridized carbons (Fsp3) is 0.778. The van der Waals surface area contributed by atoms with Gasteiger partial charge in [-0.2, -0.15) is 0 Å². The summed E-state index contributed by atoms with van der Waals surface area (Å²) < 4.78 is 21.7. The normalized spacial score (nSPS) is 25.3. The van der Waals surface area contributed by atoms with Gasteiger partial charge in [-0.15, -0.1) is 0 Å². The predicted molar refractivity (Wildman–Crippen MR) is 56.6 cm³/mol. The lowest BCUT2D eigenvalue weighted by molar-refractivity contribution is -0.141. The minimum Gasteiger partial charge on any atom is -0.481 e. The summed E-state index contributed by atoms with van der Waals surface area (Å²) in [5, 5.41) is 11.3. The summed E-state index contributed by atoms with van der Waals surface area (Å²) in [6.45, 7) is 0. The maximum Gasteiger partial charge on any atom is 0.306 e. The van der Waals surface area contributed by atoms with Crippen LogP contribution in [-0.2, 0) is 19.4 Å². The zero-order chi connectivity index (χ0) is 12.3. The van der Waals surface area contributed by atoms with Crippen molar-refractivity contribution < 1.29 is 23.1 Å². The average Bonchev–Trinajstić information content (AvgIpc) is 2.48. The second kappa shape index (κ2) is 4.82. The topological polar surface area (TPSA) is 101 Å². The molecule has 1 amide bonds. The second-order valence-electron chi connectivity index (χ2n) is 4.18. The van der Waals surface area contributed by atoms with Crippen LogP contribution in [0, 0.1) is 5.92 Å². The number of hydrogen-bond donors (Lipinski definition) is 2. The van der Waals surface area contributed by atoms with Gasteiger partial charge in [0.2, 0.25) is 5.91 Å². The van der Waals surface area contributed by atoms with Crippen LogP contribution in [0.15, 0.2) is 0 Å². The molecular weight excluding hydrogens is 234 g/mol. The van der Waals surface area contributed by atoms with Crippen molar-refractivity contribution in [1.29, 1.82) is 0 Å². The molecule has 1 aliphatic rings. The SMILES string of the molecule is CS(=O)(=O)CC(=O)NC1CCC(C(=O)O)C1. The molecule has 7 heteroatoms. The third-order valence-electron chi connectivity index (χ3n) is 2.54. The van der Waals surface area contributed by atoms with E-state index in [2.05, 4.69) is 5.32 Å². The molecule has 1 fully saturated rings. The number of carbonyl (C=O) groups is 2. The lowest BCUT2D eigenvalue weighted by atomic mass is 10.1. The fourth-order valence-electron chi connectivity index (χ4n) is 1.84. The number of rotatable bonds is 4. The van der Waals surface area contributed by atoms with Crippen molar-refractivity contribution in [3.05, 3.63) is 0 Å². The van der Waals surface area contributed by atoms with E-state index in [1.807, 2.05) is 0 Å². The lowest BCUT2D eigenvalue weighted by Crippen LogP contribution is -2.37. The Morgan fingerprint density at radius 3 is 2.44 bits per heavy atom. The van der Waals surface area contributed by atoms with Gasteiger partial charge in [-0.25, -0.2) is 8.42 Å². The van der Waals surface area contributed by atoms with E-state index < -0.39 is 33.4 Å². The summed E-state index contributed by atoms with van der Waals surface area (Å²) in [5.74, 6) is -2.39. The molecule has 2 atom stereocenters. The first kappa shape index (κ1) is 13.0. The highest BCUT2D eigenvalue weighted by molar-refractivity contribution is 7.91. The monoisotopic (exact) mass is 249 g/mol. The molecule has 0 aromatic rings. The van der Waals surface area contributed by atoms with Crippen LogP contribution < -0.4 is 5.32 Å². The zero-order valence-electron chi connectivity index (χ0n) is 8.97. The summed E-state index contributed by atoms with van der Waals surface area (Å²) in [5.41, 5.74) is 0. The molecule has 2 N–H and O–H groups in total. The Morgan fingerprint density at radius 1 is 1.38 bits per heavy atom. The van der Waals surface area contributed by atoms with Crippen LogP contribution in [0.2, 0.25) is 0 Å². The molecule has 0 spiro atoms. The van der Waals surface area contributed by atoms with Gasteiger partial charge in [0.1, 0.15) is 5.75 Å². The van der Waals surface area contributed by atoms with Gasteiger partial charge in [-0.1, -0.05) is 0 Å². The molecule has 0 saturated heterocycles. The largest absolute Gasteiger partial charge is 0.481 e. The van der Waals surface area contributed by atoms with Crippen molar-refractivity contribution >= 4 is 21.7 Å². The van der Waals surface area contributed by atoms with Crippen LogP contribution in [0.25, 0.3) is 0 Å². The van der Waals surface area contributed by atoms with Gasteiger partial charge in [0.05, 0.1) is 5.92 Å². The van der Waals surface area contributed by atoms with E-state index in [4.69, 9.17) is 5.11 Å². The number of carbonyl (C=O) groups excluding carboxylic acids is 1. The number of carboxylic acids is 1. The van der Waals surface area contributed by atoms with E-state index in [1.54, 1.807) is 0 Å². The van der Waals surface area contributed by atoms with E-state index in [9.17, 15) is 18.0 Å². The van der Waals surface area contributed by atoms with Crippen LogP contribution >= 0.6 is 0 Å². The smallest absolute Gasteiger partial charge is 0.306 e. The summed E-state index contributed by atoms with van der Waals surface area (Å²) in [4.78, 5) is 21.9. The van der Waals surface area contributed by atoms with Gasteiger partial charge in [0.25, 0.3) is 0 Å². The van der Waals surface area contributed by atoms with Crippen LogP contribution in [0.5, 0.6) is 0 Å². The Hall–Kier alpha value is -1.11. The van der Waals surface area contributed by atoms with Crippen molar-refractivity contribution in [3.8, 4) is 0 Å².